The van der Waals surface area contributed by atoms with Crippen LogP contribution in [0.1, 0.15) is 11.6 Å². The van der Waals surface area contributed by atoms with E-state index in [-0.39, 0.29) is 24.3 Å². The summed E-state index contributed by atoms with van der Waals surface area (Å²) < 4.78 is 14.8. The van der Waals surface area contributed by atoms with E-state index in [1.54, 1.807) is 30.5 Å². The number of urea groups is 1. The molecule has 1 aliphatic rings. The number of fused-ring (bicyclic) bond motifs is 1. The Kier molecular flexibility index (Phi) is 5.74. The fourth-order valence-electron chi connectivity index (χ4n) is 3.66. The summed E-state index contributed by atoms with van der Waals surface area (Å²) in [5, 5.41) is 15.6. The lowest BCUT2D eigenvalue weighted by Crippen LogP contribution is -2.44. The lowest BCUT2D eigenvalue weighted by atomic mass is 9.97. The molecule has 0 bridgehead atoms. The topological polar surface area (TPSA) is 104 Å². The molecular formula is C23H21FN4O4. The molecule has 0 fully saturated rings. The average Bonchev–Trinajstić information content (AvgIpc) is 2.78. The molecule has 1 aromatic heterocycles. The SMILES string of the molecule is CN1C=C(C(=O)Nc2cccc3c(=O)n(CCO)ccc23)C(c2ccc(F)cc2)NC1=O. The van der Waals surface area contributed by atoms with Gasteiger partial charge in [-0.1, -0.05) is 18.2 Å². The number of halogens is 1. The van der Waals surface area contributed by atoms with E-state index in [2.05, 4.69) is 10.6 Å². The first-order valence-electron chi connectivity index (χ1n) is 9.94. The van der Waals surface area contributed by atoms with Gasteiger partial charge in [-0.2, -0.15) is 0 Å². The van der Waals surface area contributed by atoms with Gasteiger partial charge >= 0.3 is 6.03 Å². The molecule has 2 heterocycles. The van der Waals surface area contributed by atoms with Crippen LogP contribution in [0.15, 0.2) is 71.3 Å². The Hall–Kier alpha value is -3.98. The van der Waals surface area contributed by atoms with Gasteiger partial charge in [0.05, 0.1) is 18.2 Å². The number of hydrogen-bond acceptors (Lipinski definition) is 4. The van der Waals surface area contributed by atoms with Gasteiger partial charge in [0.1, 0.15) is 5.82 Å². The smallest absolute Gasteiger partial charge is 0.321 e. The minimum atomic E-state index is -0.768. The molecule has 0 spiro atoms. The van der Waals surface area contributed by atoms with Gasteiger partial charge in [-0.05, 0) is 35.9 Å². The maximum absolute atomic E-state index is 13.4. The quantitative estimate of drug-likeness (QED) is 0.571. The number of rotatable bonds is 5. The molecule has 164 valence electrons. The molecule has 0 aliphatic carbocycles. The van der Waals surface area contributed by atoms with E-state index in [1.165, 1.54) is 47.0 Å². The van der Waals surface area contributed by atoms with Crippen LogP contribution in [-0.2, 0) is 11.3 Å². The molecule has 1 atom stereocenters. The van der Waals surface area contributed by atoms with E-state index in [0.717, 1.165) is 0 Å². The number of aliphatic hydroxyl groups excluding tert-OH is 1. The number of carbonyl (C=O) groups excluding carboxylic acids is 2. The first kappa shape index (κ1) is 21.3. The molecule has 4 rings (SSSR count). The first-order chi connectivity index (χ1) is 15.4. The van der Waals surface area contributed by atoms with Crippen molar-refractivity contribution in [1.29, 1.82) is 0 Å². The molecule has 1 aliphatic heterocycles. The van der Waals surface area contributed by atoms with E-state index in [1.807, 2.05) is 0 Å². The highest BCUT2D eigenvalue weighted by molar-refractivity contribution is 6.10. The Bertz CT molecular complexity index is 1280. The summed E-state index contributed by atoms with van der Waals surface area (Å²) >= 11 is 0. The predicted octanol–water partition coefficient (Wildman–Crippen LogP) is 2.35. The number of hydrogen-bond donors (Lipinski definition) is 3. The molecule has 8 nitrogen and oxygen atoms in total. The third kappa shape index (κ3) is 3.97. The van der Waals surface area contributed by atoms with Crippen LogP contribution in [0.2, 0.25) is 0 Å². The second kappa shape index (κ2) is 8.64. The predicted molar refractivity (Wildman–Crippen MR) is 117 cm³/mol. The number of pyridine rings is 1. The molecule has 3 N–H and O–H groups in total. The summed E-state index contributed by atoms with van der Waals surface area (Å²) in [6, 6.07) is 11.1. The lowest BCUT2D eigenvalue weighted by molar-refractivity contribution is -0.113. The van der Waals surface area contributed by atoms with Crippen molar-refractivity contribution >= 4 is 28.4 Å². The van der Waals surface area contributed by atoms with E-state index in [4.69, 9.17) is 5.11 Å². The normalized spacial score (nSPS) is 16.0. The number of carbonyl (C=O) groups is 2. The highest BCUT2D eigenvalue weighted by Crippen LogP contribution is 2.28. The van der Waals surface area contributed by atoms with Crippen LogP contribution in [0, 0.1) is 5.82 Å². The van der Waals surface area contributed by atoms with Crippen molar-refractivity contribution in [2.24, 2.45) is 0 Å². The third-order valence-corrected chi connectivity index (χ3v) is 5.31. The molecule has 0 radical (unpaired) electrons. The van der Waals surface area contributed by atoms with E-state index in [0.29, 0.717) is 22.0 Å². The summed E-state index contributed by atoms with van der Waals surface area (Å²) in [4.78, 5) is 39.3. The highest BCUT2D eigenvalue weighted by Gasteiger charge is 2.30. The van der Waals surface area contributed by atoms with Crippen molar-refractivity contribution in [3.63, 3.8) is 0 Å². The Morgan fingerprint density at radius 3 is 2.59 bits per heavy atom. The molecule has 0 saturated heterocycles. The van der Waals surface area contributed by atoms with Gasteiger partial charge in [0, 0.05) is 42.4 Å². The van der Waals surface area contributed by atoms with Crippen molar-refractivity contribution in [3.8, 4) is 0 Å². The molecule has 0 saturated carbocycles. The average molecular weight is 436 g/mol. The number of nitrogens with one attached hydrogen (secondary N) is 2. The summed E-state index contributed by atoms with van der Waals surface area (Å²) in [7, 11) is 1.52. The standard InChI is InChI=1S/C23H21FN4O4/c1-27-13-18(20(26-23(27)32)14-5-7-15(24)8-6-14)21(30)25-19-4-2-3-17-16(19)9-10-28(11-12-29)22(17)31/h2-10,13,20,29H,11-12H2,1H3,(H,25,30)(H,26,32). The largest absolute Gasteiger partial charge is 0.395 e. The maximum atomic E-state index is 13.4. The molecular weight excluding hydrogens is 415 g/mol. The monoisotopic (exact) mass is 436 g/mol. The van der Waals surface area contributed by atoms with Crippen molar-refractivity contribution in [2.75, 3.05) is 19.0 Å². The van der Waals surface area contributed by atoms with Gasteiger partial charge in [0.25, 0.3) is 11.5 Å². The van der Waals surface area contributed by atoms with Crippen LogP contribution in [0.4, 0.5) is 14.9 Å². The van der Waals surface area contributed by atoms with Crippen LogP contribution in [-0.4, -0.2) is 40.2 Å². The Labute approximate surface area is 182 Å². The van der Waals surface area contributed by atoms with Gasteiger partial charge in [-0.15, -0.1) is 0 Å². The zero-order chi connectivity index (χ0) is 22.8. The molecule has 32 heavy (non-hydrogen) atoms. The Balaban J connectivity index is 1.70. The molecule has 1 unspecified atom stereocenters. The molecule has 3 amide bonds. The van der Waals surface area contributed by atoms with E-state index < -0.39 is 23.8 Å². The van der Waals surface area contributed by atoms with Crippen molar-refractivity contribution in [3.05, 3.63) is 88.2 Å². The minimum Gasteiger partial charge on any atom is -0.395 e. The highest BCUT2D eigenvalue weighted by atomic mass is 19.1. The number of amides is 3. The van der Waals surface area contributed by atoms with Crippen LogP contribution < -0.4 is 16.2 Å². The number of anilines is 1. The number of nitrogens with zero attached hydrogens (tertiary/aromatic N) is 2. The number of benzene rings is 2. The van der Waals surface area contributed by atoms with E-state index >= 15 is 0 Å². The molecule has 2 aromatic carbocycles. The van der Waals surface area contributed by atoms with E-state index in [9.17, 15) is 18.8 Å². The van der Waals surface area contributed by atoms with Gasteiger partial charge in [0.15, 0.2) is 0 Å². The van der Waals surface area contributed by atoms with Gasteiger partial charge in [0.2, 0.25) is 0 Å². The maximum Gasteiger partial charge on any atom is 0.321 e. The molecule has 3 aromatic rings. The summed E-state index contributed by atoms with van der Waals surface area (Å²) in [5.41, 5.74) is 0.961. The second-order valence-electron chi connectivity index (χ2n) is 7.39. The van der Waals surface area contributed by atoms with Crippen molar-refractivity contribution in [2.45, 2.75) is 12.6 Å². The van der Waals surface area contributed by atoms with Crippen LogP contribution in [0.5, 0.6) is 0 Å². The lowest BCUT2D eigenvalue weighted by Gasteiger charge is -2.30. The Morgan fingerprint density at radius 2 is 1.88 bits per heavy atom. The van der Waals surface area contributed by atoms with Gasteiger partial charge < -0.3 is 25.2 Å². The van der Waals surface area contributed by atoms with Crippen LogP contribution >= 0.6 is 0 Å². The fourth-order valence-corrected chi connectivity index (χ4v) is 3.66. The number of aromatic nitrogens is 1. The fraction of sp³-hybridized carbons (Fsp3) is 0.174. The summed E-state index contributed by atoms with van der Waals surface area (Å²) in [6.07, 6.45) is 2.99. The minimum absolute atomic E-state index is 0.167. The zero-order valence-electron chi connectivity index (χ0n) is 17.2. The van der Waals surface area contributed by atoms with Crippen LogP contribution in [0.25, 0.3) is 10.8 Å². The summed E-state index contributed by atoms with van der Waals surface area (Å²) in [6.45, 7) is 0.00361. The third-order valence-electron chi connectivity index (χ3n) is 5.31. The second-order valence-corrected chi connectivity index (χ2v) is 7.39. The zero-order valence-corrected chi connectivity index (χ0v) is 17.2. The van der Waals surface area contributed by atoms with Crippen molar-refractivity contribution < 1.29 is 19.1 Å². The Morgan fingerprint density at radius 1 is 1.12 bits per heavy atom. The summed E-state index contributed by atoms with van der Waals surface area (Å²) in [5.74, 6) is -0.899. The molecule has 9 heteroatoms. The van der Waals surface area contributed by atoms with Crippen LogP contribution in [0.3, 0.4) is 0 Å². The number of aliphatic hydroxyl groups is 1. The van der Waals surface area contributed by atoms with Gasteiger partial charge in [-0.25, -0.2) is 9.18 Å². The van der Waals surface area contributed by atoms with Gasteiger partial charge in [-0.3, -0.25) is 9.59 Å². The first-order valence-corrected chi connectivity index (χ1v) is 9.94. The van der Waals surface area contributed by atoms with Crippen molar-refractivity contribution in [1.82, 2.24) is 14.8 Å².